The van der Waals surface area contributed by atoms with Gasteiger partial charge in [0.25, 0.3) is 10.0 Å². The summed E-state index contributed by atoms with van der Waals surface area (Å²) in [5, 5.41) is 11.1. The lowest BCUT2D eigenvalue weighted by atomic mass is 10.4. The van der Waals surface area contributed by atoms with E-state index in [1.54, 1.807) is 24.3 Å². The zero-order valence-electron chi connectivity index (χ0n) is 12.0. The Kier molecular flexibility index (Phi) is 3.90. The fourth-order valence-electron chi connectivity index (χ4n) is 1.96. The fraction of sp³-hybridized carbons (Fsp3) is 0.0667. The Morgan fingerprint density at radius 2 is 1.96 bits per heavy atom. The largest absolute Gasteiger partial charge is 0.417 e. The molecule has 0 radical (unpaired) electrons. The molecular formula is C15H11N3O3S2. The molecular weight excluding hydrogens is 334 g/mol. The number of nitriles is 1. The van der Waals surface area contributed by atoms with Crippen LogP contribution >= 0.6 is 11.3 Å². The molecule has 2 heterocycles. The number of anilines is 1. The van der Waals surface area contributed by atoms with E-state index >= 15 is 0 Å². The lowest BCUT2D eigenvalue weighted by Gasteiger charge is -2.16. The van der Waals surface area contributed by atoms with E-state index < -0.39 is 10.0 Å². The molecule has 0 atom stereocenters. The van der Waals surface area contributed by atoms with Crippen molar-refractivity contribution in [2.24, 2.45) is 0 Å². The number of nitrogens with zero attached hydrogens (tertiary/aromatic N) is 3. The molecule has 0 saturated carbocycles. The van der Waals surface area contributed by atoms with Crippen LogP contribution in [0.15, 0.2) is 57.2 Å². The summed E-state index contributed by atoms with van der Waals surface area (Å²) in [4.78, 5) is 4.91. The predicted octanol–water partition coefficient (Wildman–Crippen LogP) is 3.10. The van der Waals surface area contributed by atoms with E-state index in [-0.39, 0.29) is 22.4 Å². The number of hydrogen-bond acceptors (Lipinski definition) is 6. The average molecular weight is 345 g/mol. The van der Waals surface area contributed by atoms with Gasteiger partial charge >= 0.3 is 0 Å². The number of thiophene rings is 1. The molecule has 0 aliphatic heterocycles. The van der Waals surface area contributed by atoms with Gasteiger partial charge in [-0.15, -0.1) is 11.3 Å². The lowest BCUT2D eigenvalue weighted by molar-refractivity contribution is 0.564. The second kappa shape index (κ2) is 5.87. The summed E-state index contributed by atoms with van der Waals surface area (Å²) in [6.45, 7) is 0. The number of rotatable bonds is 4. The Morgan fingerprint density at radius 1 is 1.22 bits per heavy atom. The lowest BCUT2D eigenvalue weighted by Crippen LogP contribution is -2.26. The molecule has 23 heavy (non-hydrogen) atoms. The summed E-state index contributed by atoms with van der Waals surface area (Å²) in [6, 6.07) is 13.4. The van der Waals surface area contributed by atoms with Crippen LogP contribution in [0.4, 0.5) is 5.88 Å². The first-order valence-electron chi connectivity index (χ1n) is 6.53. The van der Waals surface area contributed by atoms with Gasteiger partial charge in [-0.1, -0.05) is 24.3 Å². The summed E-state index contributed by atoms with van der Waals surface area (Å²) in [5.41, 5.74) is -0.0737. The molecule has 0 aliphatic carbocycles. The molecule has 8 heteroatoms. The second-order valence-corrected chi connectivity index (χ2v) is 7.46. The Hall–Kier alpha value is -2.63. The first kappa shape index (κ1) is 15.3. The molecule has 0 saturated heterocycles. The summed E-state index contributed by atoms with van der Waals surface area (Å²) >= 11 is 1.39. The number of oxazole rings is 1. The molecule has 3 aromatic rings. The van der Waals surface area contributed by atoms with Crippen LogP contribution in [0.25, 0.3) is 10.8 Å². The van der Waals surface area contributed by atoms with Crippen molar-refractivity contribution in [2.75, 3.05) is 11.4 Å². The van der Waals surface area contributed by atoms with Crippen LogP contribution in [-0.4, -0.2) is 20.4 Å². The zero-order valence-corrected chi connectivity index (χ0v) is 13.6. The molecule has 3 rings (SSSR count). The van der Waals surface area contributed by atoms with E-state index in [1.807, 2.05) is 17.5 Å². The third-order valence-electron chi connectivity index (χ3n) is 3.13. The van der Waals surface area contributed by atoms with E-state index in [0.717, 1.165) is 9.18 Å². The molecule has 0 aliphatic rings. The van der Waals surface area contributed by atoms with E-state index in [4.69, 9.17) is 4.42 Å². The quantitative estimate of drug-likeness (QED) is 0.725. The molecule has 0 N–H and O–H groups in total. The smallest absolute Gasteiger partial charge is 0.266 e. The number of hydrogen-bond donors (Lipinski definition) is 0. The highest BCUT2D eigenvalue weighted by atomic mass is 32.2. The molecule has 0 fully saturated rings. The van der Waals surface area contributed by atoms with Gasteiger partial charge < -0.3 is 4.42 Å². The van der Waals surface area contributed by atoms with Crippen LogP contribution in [0, 0.1) is 11.3 Å². The molecule has 0 bridgehead atoms. The van der Waals surface area contributed by atoms with Crippen molar-refractivity contribution in [3.05, 3.63) is 53.5 Å². The Bertz CT molecular complexity index is 955. The minimum atomic E-state index is -3.83. The molecule has 0 spiro atoms. The number of aromatic nitrogens is 1. The third kappa shape index (κ3) is 2.72. The van der Waals surface area contributed by atoms with Gasteiger partial charge in [0.1, 0.15) is 6.07 Å². The highest BCUT2D eigenvalue weighted by molar-refractivity contribution is 7.92. The normalized spacial score (nSPS) is 11.1. The van der Waals surface area contributed by atoms with Gasteiger partial charge in [0.15, 0.2) is 0 Å². The van der Waals surface area contributed by atoms with E-state index in [1.165, 1.54) is 30.5 Å². The summed E-state index contributed by atoms with van der Waals surface area (Å²) in [6.07, 6.45) is 0. The van der Waals surface area contributed by atoms with Gasteiger partial charge in [-0.25, -0.2) is 12.7 Å². The first-order valence-corrected chi connectivity index (χ1v) is 8.85. The Morgan fingerprint density at radius 3 is 2.57 bits per heavy atom. The van der Waals surface area contributed by atoms with Crippen molar-refractivity contribution in [3.63, 3.8) is 0 Å². The maximum atomic E-state index is 12.6. The van der Waals surface area contributed by atoms with Gasteiger partial charge in [0, 0.05) is 7.05 Å². The van der Waals surface area contributed by atoms with Gasteiger partial charge in [-0.05, 0) is 23.6 Å². The molecule has 116 valence electrons. The topological polar surface area (TPSA) is 87.2 Å². The van der Waals surface area contributed by atoms with Crippen LogP contribution in [-0.2, 0) is 10.0 Å². The maximum Gasteiger partial charge on any atom is 0.266 e. The SMILES string of the molecule is CN(c1oc(-c2cccs2)nc1C#N)S(=O)(=O)c1ccccc1. The second-order valence-electron chi connectivity index (χ2n) is 4.55. The van der Waals surface area contributed by atoms with Gasteiger partial charge in [-0.2, -0.15) is 10.2 Å². The van der Waals surface area contributed by atoms with Gasteiger partial charge in [0.05, 0.1) is 9.77 Å². The van der Waals surface area contributed by atoms with Crippen LogP contribution in [0.1, 0.15) is 5.69 Å². The Labute approximate surface area is 137 Å². The molecule has 0 unspecified atom stereocenters. The van der Waals surface area contributed by atoms with E-state index in [0.29, 0.717) is 0 Å². The van der Waals surface area contributed by atoms with Crippen molar-refractivity contribution in [1.29, 1.82) is 5.26 Å². The van der Waals surface area contributed by atoms with Crippen molar-refractivity contribution in [1.82, 2.24) is 4.98 Å². The van der Waals surface area contributed by atoms with Crippen molar-refractivity contribution >= 4 is 27.2 Å². The molecule has 0 amide bonds. The molecule has 1 aromatic carbocycles. The minimum Gasteiger partial charge on any atom is -0.417 e. The third-order valence-corrected chi connectivity index (χ3v) is 5.75. The minimum absolute atomic E-state index is 0.0737. The maximum absolute atomic E-state index is 12.6. The monoisotopic (exact) mass is 345 g/mol. The number of sulfonamides is 1. The van der Waals surface area contributed by atoms with Crippen LogP contribution < -0.4 is 4.31 Å². The number of benzene rings is 1. The Balaban J connectivity index is 2.06. The molecule has 2 aromatic heterocycles. The van der Waals surface area contributed by atoms with Crippen molar-refractivity contribution in [2.45, 2.75) is 4.90 Å². The highest BCUT2D eigenvalue weighted by Gasteiger charge is 2.28. The fourth-order valence-corrected chi connectivity index (χ4v) is 3.77. The average Bonchev–Trinajstić information content (AvgIpc) is 3.23. The molecule has 6 nitrogen and oxygen atoms in total. The highest BCUT2D eigenvalue weighted by Crippen LogP contribution is 2.32. The van der Waals surface area contributed by atoms with Gasteiger partial charge in [-0.3, -0.25) is 0 Å². The first-order chi connectivity index (χ1) is 11.0. The zero-order chi connectivity index (χ0) is 16.4. The van der Waals surface area contributed by atoms with Crippen LogP contribution in [0.3, 0.4) is 0 Å². The van der Waals surface area contributed by atoms with Crippen molar-refractivity contribution in [3.8, 4) is 16.8 Å². The standard InChI is InChI=1S/C15H11N3O3S2/c1-18(23(19,20)11-6-3-2-4-7-11)15-12(10-16)17-14(21-15)13-8-5-9-22-13/h2-9H,1H3. The van der Waals surface area contributed by atoms with Crippen molar-refractivity contribution < 1.29 is 12.8 Å². The summed E-state index contributed by atoms with van der Waals surface area (Å²) in [7, 11) is -2.49. The van der Waals surface area contributed by atoms with E-state index in [9.17, 15) is 13.7 Å². The van der Waals surface area contributed by atoms with Gasteiger partial charge in [0.2, 0.25) is 17.5 Å². The van der Waals surface area contributed by atoms with Crippen LogP contribution in [0.2, 0.25) is 0 Å². The predicted molar refractivity (Wildman–Crippen MR) is 86.6 cm³/mol. The summed E-state index contributed by atoms with van der Waals surface area (Å²) < 4.78 is 31.7. The van der Waals surface area contributed by atoms with Crippen LogP contribution in [0.5, 0.6) is 0 Å². The van der Waals surface area contributed by atoms with E-state index in [2.05, 4.69) is 4.98 Å². The summed E-state index contributed by atoms with van der Waals surface area (Å²) in [5.74, 6) is 0.126.